The molecule has 0 atom stereocenters. The third kappa shape index (κ3) is 2.91. The van der Waals surface area contributed by atoms with Crippen molar-refractivity contribution >= 4 is 33.3 Å². The van der Waals surface area contributed by atoms with Gasteiger partial charge in [0.1, 0.15) is 4.90 Å². The topological polar surface area (TPSA) is 128 Å². The second kappa shape index (κ2) is 5.53. The quantitative estimate of drug-likeness (QED) is 0.679. The van der Waals surface area contributed by atoms with Crippen molar-refractivity contribution in [2.45, 2.75) is 4.90 Å². The van der Waals surface area contributed by atoms with Gasteiger partial charge in [-0.1, -0.05) is 11.6 Å². The summed E-state index contributed by atoms with van der Waals surface area (Å²) >= 11 is 5.75. The van der Waals surface area contributed by atoms with Crippen molar-refractivity contribution in [3.63, 3.8) is 0 Å². The fourth-order valence-electron chi connectivity index (χ4n) is 1.40. The van der Waals surface area contributed by atoms with Gasteiger partial charge in [-0.25, -0.2) is 0 Å². The van der Waals surface area contributed by atoms with Crippen LogP contribution in [0.3, 0.4) is 0 Å². The molecule has 0 bridgehead atoms. The van der Waals surface area contributed by atoms with Crippen LogP contribution < -0.4 is 16.4 Å². The Kier molecular flexibility index (Phi) is 4.52. The first-order valence-electron chi connectivity index (χ1n) is 4.88. The number of rotatable bonds is 2. The van der Waals surface area contributed by atoms with Crippen LogP contribution in [0.2, 0.25) is 5.02 Å². The highest BCUT2D eigenvalue weighted by Crippen LogP contribution is 2.29. The van der Waals surface area contributed by atoms with Crippen LogP contribution in [0, 0.1) is 0 Å². The summed E-state index contributed by atoms with van der Waals surface area (Å²) in [5, 5.41) is 5.99. The van der Waals surface area contributed by atoms with Crippen molar-refractivity contribution in [1.29, 1.82) is 0 Å². The summed E-state index contributed by atoms with van der Waals surface area (Å²) in [5.74, 6) is 0.172. The molecule has 0 aromatic heterocycles. The lowest BCUT2D eigenvalue weighted by molar-refractivity contribution is 0.597. The van der Waals surface area contributed by atoms with Gasteiger partial charge in [-0.15, -0.1) is 4.40 Å². The smallest absolute Gasteiger partial charge is 0.287 e. The number of anilines is 1. The van der Waals surface area contributed by atoms with Gasteiger partial charge in [0.15, 0.2) is 0 Å². The Morgan fingerprint density at radius 3 is 2.83 bits per heavy atom. The first-order chi connectivity index (χ1) is 8.03. The zero-order valence-electron chi connectivity index (χ0n) is 9.27. The number of hydrogen-bond donors (Lipinski definition) is 3. The van der Waals surface area contributed by atoms with Crippen molar-refractivity contribution in [1.82, 2.24) is 5.32 Å². The molecule has 0 unspecified atom stereocenters. The molecule has 0 fully saturated rings. The summed E-state index contributed by atoms with van der Waals surface area (Å²) < 4.78 is 27.3. The molecule has 7 nitrogen and oxygen atoms in total. The predicted octanol–water partition coefficient (Wildman–Crippen LogP) is -0.466. The molecule has 0 saturated carbocycles. The predicted molar refractivity (Wildman–Crippen MR) is 70.4 cm³/mol. The molecule has 1 aliphatic rings. The molecule has 2 rings (SSSR count). The lowest BCUT2D eigenvalue weighted by Gasteiger charge is -2.18. The van der Waals surface area contributed by atoms with E-state index < -0.39 is 10.0 Å². The highest BCUT2D eigenvalue weighted by molar-refractivity contribution is 7.90. The van der Waals surface area contributed by atoms with Crippen LogP contribution in [0.4, 0.5) is 5.69 Å². The van der Waals surface area contributed by atoms with Gasteiger partial charge >= 0.3 is 0 Å². The second-order valence-corrected chi connectivity index (χ2v) is 5.40. The molecule has 0 amide bonds. The van der Waals surface area contributed by atoms with E-state index in [0.29, 0.717) is 23.8 Å². The fraction of sp³-hybridized carbons (Fsp3) is 0.222. The number of sulfonamides is 1. The van der Waals surface area contributed by atoms with Crippen molar-refractivity contribution < 1.29 is 13.9 Å². The van der Waals surface area contributed by atoms with E-state index in [1.165, 1.54) is 6.07 Å². The summed E-state index contributed by atoms with van der Waals surface area (Å²) in [7, 11) is -3.71. The van der Waals surface area contributed by atoms with E-state index in [2.05, 4.69) is 15.0 Å². The first kappa shape index (κ1) is 14.7. The molecule has 0 aliphatic carbocycles. The van der Waals surface area contributed by atoms with Crippen LogP contribution in [-0.4, -0.2) is 32.9 Å². The number of benzene rings is 1. The molecule has 1 aromatic carbocycles. The van der Waals surface area contributed by atoms with E-state index in [9.17, 15) is 8.42 Å². The van der Waals surface area contributed by atoms with Crippen molar-refractivity contribution in [3.8, 4) is 0 Å². The van der Waals surface area contributed by atoms with Gasteiger partial charge in [-0.2, -0.15) is 8.42 Å². The van der Waals surface area contributed by atoms with Crippen molar-refractivity contribution in [3.05, 3.63) is 23.2 Å². The summed E-state index contributed by atoms with van der Waals surface area (Å²) in [6.07, 6.45) is 0. The lowest BCUT2D eigenvalue weighted by Crippen LogP contribution is -2.37. The molecule has 1 aliphatic heterocycles. The maximum atomic E-state index is 11.8. The van der Waals surface area contributed by atoms with E-state index in [0.717, 1.165) is 0 Å². The van der Waals surface area contributed by atoms with Crippen LogP contribution in [-0.2, 0) is 10.0 Å². The van der Waals surface area contributed by atoms with E-state index >= 15 is 0 Å². The summed E-state index contributed by atoms with van der Waals surface area (Å²) in [6, 6.07) is 4.56. The third-order valence-electron chi connectivity index (χ3n) is 2.12. The molecule has 6 N–H and O–H groups in total. The number of fused-ring (bicyclic) bond motifs is 1. The first-order valence-corrected chi connectivity index (χ1v) is 6.70. The van der Waals surface area contributed by atoms with Crippen LogP contribution in [0.25, 0.3) is 0 Å². The Morgan fingerprint density at radius 2 is 2.17 bits per heavy atom. The molecule has 9 heteroatoms. The van der Waals surface area contributed by atoms with E-state index in [-0.39, 0.29) is 16.3 Å². The Labute approximate surface area is 109 Å². The van der Waals surface area contributed by atoms with E-state index in [1.54, 1.807) is 12.1 Å². The maximum absolute atomic E-state index is 11.8. The number of nitrogens with zero attached hydrogens (tertiary/aromatic N) is 1. The van der Waals surface area contributed by atoms with Crippen molar-refractivity contribution in [2.24, 2.45) is 10.1 Å². The Bertz CT molecular complexity index is 573. The van der Waals surface area contributed by atoms with Gasteiger partial charge in [-0.3, -0.25) is 0 Å². The largest absolute Gasteiger partial charge is 0.412 e. The summed E-state index contributed by atoms with van der Waals surface area (Å²) in [5.41, 5.74) is 5.76. The molecule has 100 valence electrons. The fourth-order valence-corrected chi connectivity index (χ4v) is 2.76. The summed E-state index contributed by atoms with van der Waals surface area (Å²) in [4.78, 5) is 0.0725. The Balaban J connectivity index is 0.00000162. The number of guanidine groups is 1. The van der Waals surface area contributed by atoms with Crippen molar-refractivity contribution in [2.75, 3.05) is 18.4 Å². The Hall–Kier alpha value is -1.35. The zero-order chi connectivity index (χ0) is 12.5. The standard InChI is InChI=1S/C9H11ClN4O2S.H2O/c10-6-1-2-7-8(5-6)17(15,16)14-9(13-7)12-4-3-11;/h1-2,5H,3-4,11H2,(H2,12,13,14);1H2. The average Bonchev–Trinajstić information content (AvgIpc) is 2.27. The number of hydrogen-bond acceptors (Lipinski definition) is 5. The number of halogens is 1. The van der Waals surface area contributed by atoms with Crippen LogP contribution in [0.1, 0.15) is 0 Å². The third-order valence-corrected chi connectivity index (χ3v) is 3.67. The average molecular weight is 293 g/mol. The SMILES string of the molecule is NCCNC1=NS(=O)(=O)c2cc(Cl)ccc2N1.O. The molecule has 1 heterocycles. The monoisotopic (exact) mass is 292 g/mol. The number of nitrogens with two attached hydrogens (primary N) is 1. The van der Waals surface area contributed by atoms with Crippen LogP contribution in [0.15, 0.2) is 27.5 Å². The second-order valence-electron chi connectivity index (χ2n) is 3.40. The van der Waals surface area contributed by atoms with E-state index in [1.807, 2.05) is 0 Å². The molecule has 18 heavy (non-hydrogen) atoms. The molecule has 1 aromatic rings. The van der Waals surface area contributed by atoms with Crippen LogP contribution in [0.5, 0.6) is 0 Å². The van der Waals surface area contributed by atoms with Gasteiger partial charge < -0.3 is 21.8 Å². The van der Waals surface area contributed by atoms with Crippen LogP contribution >= 0.6 is 11.6 Å². The van der Waals surface area contributed by atoms with Gasteiger partial charge in [-0.05, 0) is 18.2 Å². The lowest BCUT2D eigenvalue weighted by atomic mass is 10.3. The van der Waals surface area contributed by atoms with Gasteiger partial charge in [0.05, 0.1) is 5.69 Å². The Morgan fingerprint density at radius 1 is 1.44 bits per heavy atom. The minimum absolute atomic E-state index is 0. The minimum atomic E-state index is -3.71. The highest BCUT2D eigenvalue weighted by atomic mass is 35.5. The van der Waals surface area contributed by atoms with Gasteiger partial charge in [0.2, 0.25) is 5.96 Å². The summed E-state index contributed by atoms with van der Waals surface area (Å²) in [6.45, 7) is 0.818. The molecule has 0 spiro atoms. The number of nitrogens with one attached hydrogen (secondary N) is 2. The normalized spacial score (nSPS) is 15.8. The molecular formula is C9H13ClN4O3S. The molecule has 0 radical (unpaired) electrons. The minimum Gasteiger partial charge on any atom is -0.412 e. The molecular weight excluding hydrogens is 280 g/mol. The van der Waals surface area contributed by atoms with E-state index in [4.69, 9.17) is 17.3 Å². The zero-order valence-corrected chi connectivity index (χ0v) is 10.8. The highest BCUT2D eigenvalue weighted by Gasteiger charge is 2.24. The van der Waals surface area contributed by atoms with Gasteiger partial charge in [0, 0.05) is 18.1 Å². The van der Waals surface area contributed by atoms with Gasteiger partial charge in [0.25, 0.3) is 10.0 Å². The maximum Gasteiger partial charge on any atom is 0.287 e. The molecule has 0 saturated heterocycles.